The zero-order chi connectivity index (χ0) is 48.9. The molecule has 0 aliphatic heterocycles. The van der Waals surface area contributed by atoms with Gasteiger partial charge in [-0.3, -0.25) is 28.8 Å². The van der Waals surface area contributed by atoms with E-state index in [1.807, 2.05) is 0 Å². The van der Waals surface area contributed by atoms with Gasteiger partial charge in [0.05, 0.1) is 81.1 Å². The molecule has 0 aliphatic carbocycles. The zero-order valence-corrected chi connectivity index (χ0v) is 37.6. The summed E-state index contributed by atoms with van der Waals surface area (Å²) in [7, 11) is 12.3. The fourth-order valence-electron chi connectivity index (χ4n) is 8.40. The van der Waals surface area contributed by atoms with E-state index in [9.17, 15) is 28.8 Å². The molecule has 0 spiro atoms. The highest BCUT2D eigenvalue weighted by Crippen LogP contribution is 2.42. The van der Waals surface area contributed by atoms with Gasteiger partial charge in [0, 0.05) is 36.4 Å². The van der Waals surface area contributed by atoms with Crippen LogP contribution in [0.15, 0.2) is 65.2 Å². The van der Waals surface area contributed by atoms with Crippen LogP contribution in [0.1, 0.15) is 0 Å². The van der Waals surface area contributed by atoms with Gasteiger partial charge in [-0.05, 0) is 0 Å². The third-order valence-electron chi connectivity index (χ3n) is 11.5. The standard InChI is InChI=1S/C45H33N9O15/c1-61-19-10-16(11-20(62-2)37(19)67-7)52-40(55)31-32(41(52)56)47-26-25(46-31)27-29(50-35-33(48-27)42(57)53(44(35)59)17-12-21(63-3)38(68-8)22(13-17)64-4)30-28(26)49-34-36(51-30)45(60)54(43(34)58)18-14-23(65-5)39(69-9)24(15-18)66-6/h10-15H,1-9H3. The molecule has 24 heteroatoms. The van der Waals surface area contributed by atoms with E-state index in [1.54, 1.807) is 0 Å². The van der Waals surface area contributed by atoms with Gasteiger partial charge in [0.25, 0.3) is 33.4 Å². The van der Waals surface area contributed by atoms with Crippen LogP contribution in [0.5, 0.6) is 51.7 Å². The topological polar surface area (TPSA) is 278 Å². The molecule has 69 heavy (non-hydrogen) atoms. The van der Waals surface area contributed by atoms with Crippen LogP contribution in [-0.2, 0) is 0 Å². The minimum atomic E-state index is -0.928. The Morgan fingerprint density at radius 1 is 0.261 bits per heavy atom. The van der Waals surface area contributed by atoms with Crippen LogP contribution in [0, 0.1) is 0 Å². The molecule has 0 fully saturated rings. The van der Waals surface area contributed by atoms with Crippen molar-refractivity contribution in [2.24, 2.45) is 0 Å². The molecule has 0 saturated heterocycles. The molecule has 24 nitrogen and oxygen atoms in total. The summed E-state index contributed by atoms with van der Waals surface area (Å²) in [6, 6.07) is 8.26. The summed E-state index contributed by atoms with van der Waals surface area (Å²) in [6.07, 6.45) is 0. The molecule has 0 bridgehead atoms. The van der Waals surface area contributed by atoms with E-state index in [2.05, 4.69) is 29.9 Å². The average Bonchev–Trinajstić information content (AvgIpc) is 3.88. The van der Waals surface area contributed by atoms with Crippen molar-refractivity contribution >= 4 is 66.2 Å². The molecule has 6 heterocycles. The lowest BCUT2D eigenvalue weighted by Gasteiger charge is -2.13. The van der Waals surface area contributed by atoms with Gasteiger partial charge >= 0.3 is 0 Å². The zero-order valence-electron chi connectivity index (χ0n) is 37.6. The Bertz CT molecular complexity index is 3520. The van der Waals surface area contributed by atoms with Gasteiger partial charge in [-0.2, -0.15) is 0 Å². The number of benzene rings is 4. The monoisotopic (exact) mass is 939 g/mol. The summed E-state index contributed by atoms with van der Waals surface area (Å²) in [5, 5.41) is 0. The lowest BCUT2D eigenvalue weighted by Crippen LogP contribution is -2.23. The smallest absolute Gasteiger partial charge is 0.286 e. The molecule has 0 radical (unpaired) electrons. The van der Waals surface area contributed by atoms with Crippen LogP contribution >= 0.6 is 0 Å². The normalized spacial score (nSPS) is 11.6. The minimum Gasteiger partial charge on any atom is -0.493 e. The summed E-state index contributed by atoms with van der Waals surface area (Å²) in [5.41, 5.74) is -9.66. The maximum Gasteiger partial charge on any atom is 0.286 e. The number of aromatic nitrogens is 9. The first-order valence-corrected chi connectivity index (χ1v) is 20.1. The van der Waals surface area contributed by atoms with Gasteiger partial charge in [-0.25, -0.2) is 43.6 Å². The van der Waals surface area contributed by atoms with Crippen molar-refractivity contribution < 1.29 is 42.6 Å². The largest absolute Gasteiger partial charge is 0.493 e. The van der Waals surface area contributed by atoms with Crippen LogP contribution in [0.4, 0.5) is 0 Å². The van der Waals surface area contributed by atoms with E-state index < -0.39 is 66.5 Å². The van der Waals surface area contributed by atoms with E-state index in [0.29, 0.717) is 0 Å². The minimum absolute atomic E-state index is 0.000261. The Labute approximate surface area is 383 Å². The molecule has 10 aromatic rings. The highest BCUT2D eigenvalue weighted by atomic mass is 16.5. The van der Waals surface area contributed by atoms with E-state index in [0.717, 1.165) is 13.7 Å². The van der Waals surface area contributed by atoms with Gasteiger partial charge in [0.15, 0.2) is 67.6 Å². The van der Waals surface area contributed by atoms with Gasteiger partial charge in [0.1, 0.15) is 33.1 Å². The molecule has 0 atom stereocenters. The third kappa shape index (κ3) is 6.00. The summed E-state index contributed by atoms with van der Waals surface area (Å²) < 4.78 is 51.5. The maximum atomic E-state index is 14.3. The summed E-state index contributed by atoms with van der Waals surface area (Å²) in [6.45, 7) is 0. The lowest BCUT2D eigenvalue weighted by molar-refractivity contribution is 0.324. The van der Waals surface area contributed by atoms with Gasteiger partial charge in [0.2, 0.25) is 17.2 Å². The summed E-state index contributed by atoms with van der Waals surface area (Å²) in [4.78, 5) is 114. The maximum absolute atomic E-state index is 14.3. The summed E-state index contributed by atoms with van der Waals surface area (Å²) in [5.74, 6) is 1.31. The van der Waals surface area contributed by atoms with Crippen molar-refractivity contribution in [3.63, 3.8) is 0 Å². The third-order valence-corrected chi connectivity index (χ3v) is 11.5. The Kier molecular flexibility index (Phi) is 9.97. The van der Waals surface area contributed by atoms with E-state index >= 15 is 0 Å². The highest BCUT2D eigenvalue weighted by Gasteiger charge is 2.29. The van der Waals surface area contributed by atoms with Gasteiger partial charge in [-0.1, -0.05) is 0 Å². The number of hydrogen-bond acceptors (Lipinski definition) is 21. The van der Waals surface area contributed by atoms with Crippen LogP contribution in [0.25, 0.3) is 83.3 Å². The van der Waals surface area contributed by atoms with Crippen molar-refractivity contribution in [2.75, 3.05) is 64.0 Å². The van der Waals surface area contributed by atoms with Crippen molar-refractivity contribution in [3.05, 3.63) is 98.5 Å². The molecule has 4 aromatic carbocycles. The molecule has 6 aromatic heterocycles. The quantitative estimate of drug-likeness (QED) is 0.158. The first-order valence-electron chi connectivity index (χ1n) is 20.1. The average molecular weight is 940 g/mol. The number of nitrogens with zero attached hydrogens (tertiary/aromatic N) is 9. The Morgan fingerprint density at radius 2 is 0.420 bits per heavy atom. The Morgan fingerprint density at radius 3 is 0.551 bits per heavy atom. The first kappa shape index (κ1) is 43.4. The summed E-state index contributed by atoms with van der Waals surface area (Å²) >= 11 is 0. The molecule has 348 valence electrons. The highest BCUT2D eigenvalue weighted by molar-refractivity contribution is 6.21. The van der Waals surface area contributed by atoms with E-state index in [4.69, 9.17) is 42.6 Å². The second-order valence-electron chi connectivity index (χ2n) is 14.8. The number of fused-ring (bicyclic) bond motifs is 9. The second-order valence-corrected chi connectivity index (χ2v) is 14.8. The van der Waals surface area contributed by atoms with Crippen molar-refractivity contribution in [1.29, 1.82) is 0 Å². The predicted molar refractivity (Wildman–Crippen MR) is 246 cm³/mol. The fourth-order valence-corrected chi connectivity index (χ4v) is 8.40. The van der Waals surface area contributed by atoms with Crippen LogP contribution in [-0.4, -0.2) is 108 Å². The van der Waals surface area contributed by atoms with Crippen LogP contribution < -0.4 is 76.0 Å². The second kappa shape index (κ2) is 15.9. The molecule has 0 N–H and O–H groups in total. The van der Waals surface area contributed by atoms with Crippen molar-refractivity contribution in [1.82, 2.24) is 43.6 Å². The number of methoxy groups -OCH3 is 9. The molecule has 0 unspecified atom stereocenters. The SMILES string of the molecule is COc1cc(-n2c(=O)c3nc4c5nc6c(=O)n(-c7cc(OC)c(OC)c(OC)c7)c(=O)c6nc5c5nc6c(=O)n(-c7cc(OC)c(OC)c(OC)c7)c(=O)c6nc5c4nc3c2=O)cc(OC)c1OC. The molecule has 0 amide bonds. The first-order chi connectivity index (χ1) is 33.3. The molecule has 0 aliphatic rings. The van der Waals surface area contributed by atoms with Crippen LogP contribution in [0.2, 0.25) is 0 Å². The molecular formula is C45H33N9O15. The number of rotatable bonds is 12. The van der Waals surface area contributed by atoms with Crippen molar-refractivity contribution in [3.8, 4) is 68.8 Å². The predicted octanol–water partition coefficient (Wildman–Crippen LogP) is 1.90. The number of ether oxygens (including phenoxy) is 9. The van der Waals surface area contributed by atoms with Crippen LogP contribution in [0.3, 0.4) is 0 Å². The molecular weight excluding hydrogens is 907 g/mol. The lowest BCUT2D eigenvalue weighted by atomic mass is 10.1. The molecule has 0 saturated carbocycles. The van der Waals surface area contributed by atoms with Gasteiger partial charge < -0.3 is 42.6 Å². The van der Waals surface area contributed by atoms with E-state index in [1.165, 1.54) is 100 Å². The Hall–Kier alpha value is -9.48. The fraction of sp³-hybridized carbons (Fsp3) is 0.200. The van der Waals surface area contributed by atoms with E-state index in [-0.39, 0.29) is 102 Å². The number of hydrogen-bond donors (Lipinski definition) is 0. The Balaban J connectivity index is 1.35. The van der Waals surface area contributed by atoms with Crippen molar-refractivity contribution in [2.45, 2.75) is 0 Å². The molecule has 10 rings (SSSR count). The van der Waals surface area contributed by atoms with Gasteiger partial charge in [-0.15, -0.1) is 0 Å².